The van der Waals surface area contributed by atoms with Gasteiger partial charge in [-0.3, -0.25) is 20.2 Å². The van der Waals surface area contributed by atoms with E-state index in [2.05, 4.69) is 0 Å². The Morgan fingerprint density at radius 3 is 1.59 bits per heavy atom. The Morgan fingerprint density at radius 1 is 0.653 bits per heavy atom. The van der Waals surface area contributed by atoms with E-state index < -0.39 is 59.1 Å². The Labute approximate surface area is 280 Å². The van der Waals surface area contributed by atoms with Gasteiger partial charge in [-0.1, -0.05) is 60.7 Å². The molecular weight excluding hydrogens is 640 g/mol. The highest BCUT2D eigenvalue weighted by atomic mass is 16.7. The average Bonchev–Trinajstić information content (AvgIpc) is 3.13. The van der Waals surface area contributed by atoms with Crippen LogP contribution >= 0.6 is 0 Å². The lowest BCUT2D eigenvalue weighted by Gasteiger charge is -2.44. The van der Waals surface area contributed by atoms with Gasteiger partial charge in [0, 0.05) is 31.4 Å². The largest absolute Gasteiger partial charge is 0.459 e. The predicted molar refractivity (Wildman–Crippen MR) is 171 cm³/mol. The maximum atomic E-state index is 13.5. The number of esters is 2. The molecule has 5 rings (SSSR count). The summed E-state index contributed by atoms with van der Waals surface area (Å²) in [6.45, 7) is -0.235. The monoisotopic (exact) mass is 672 g/mol. The zero-order valence-corrected chi connectivity index (χ0v) is 26.2. The van der Waals surface area contributed by atoms with Gasteiger partial charge in [-0.25, -0.2) is 9.59 Å². The normalized spacial score (nSPS) is 20.2. The third kappa shape index (κ3) is 9.09. The minimum absolute atomic E-state index is 0.0182. The van der Waals surface area contributed by atoms with E-state index in [1.54, 1.807) is 0 Å². The van der Waals surface area contributed by atoms with E-state index in [9.17, 15) is 29.8 Å². The van der Waals surface area contributed by atoms with E-state index in [0.29, 0.717) is 0 Å². The van der Waals surface area contributed by atoms with E-state index in [-0.39, 0.29) is 35.7 Å². The van der Waals surface area contributed by atoms with Crippen LogP contribution in [-0.2, 0) is 41.6 Å². The van der Waals surface area contributed by atoms with Crippen LogP contribution in [0.1, 0.15) is 31.8 Å². The number of benzene rings is 4. The summed E-state index contributed by atoms with van der Waals surface area (Å²) in [4.78, 5) is 47.5. The molecule has 0 aliphatic carbocycles. The van der Waals surface area contributed by atoms with Crippen LogP contribution in [0.15, 0.2) is 109 Å². The molecule has 0 radical (unpaired) electrons. The molecule has 0 saturated carbocycles. The van der Waals surface area contributed by atoms with Gasteiger partial charge in [0.15, 0.2) is 12.4 Å². The highest BCUT2D eigenvalue weighted by Gasteiger charge is 2.50. The highest BCUT2D eigenvalue weighted by molar-refractivity contribution is 5.90. The number of ether oxygens (including phenoxy) is 6. The van der Waals surface area contributed by atoms with Crippen molar-refractivity contribution in [1.82, 2.24) is 0 Å². The molecule has 0 N–H and O–H groups in total. The molecule has 1 heterocycles. The maximum Gasteiger partial charge on any atom is 0.338 e. The van der Waals surface area contributed by atoms with Crippen molar-refractivity contribution >= 4 is 23.3 Å². The van der Waals surface area contributed by atoms with Gasteiger partial charge in [0.05, 0.1) is 34.2 Å². The van der Waals surface area contributed by atoms with Gasteiger partial charge in [0.25, 0.3) is 11.4 Å². The summed E-state index contributed by atoms with van der Waals surface area (Å²) in [5, 5.41) is 22.2. The van der Waals surface area contributed by atoms with Crippen molar-refractivity contribution in [3.8, 4) is 0 Å². The smallest absolute Gasteiger partial charge is 0.338 e. The van der Waals surface area contributed by atoms with E-state index in [1.165, 1.54) is 55.6 Å². The summed E-state index contributed by atoms with van der Waals surface area (Å²) in [5.41, 5.74) is 1.31. The van der Waals surface area contributed by atoms with Crippen LogP contribution in [0.4, 0.5) is 11.4 Å². The Hall–Kier alpha value is -5.54. The molecule has 14 nitrogen and oxygen atoms in total. The zero-order chi connectivity index (χ0) is 34.8. The van der Waals surface area contributed by atoms with Crippen LogP contribution in [0, 0.1) is 20.2 Å². The number of hydrogen-bond donors (Lipinski definition) is 0. The number of nitro groups is 2. The van der Waals surface area contributed by atoms with Crippen molar-refractivity contribution < 1.29 is 47.9 Å². The van der Waals surface area contributed by atoms with Crippen molar-refractivity contribution in [2.45, 2.75) is 43.9 Å². The number of carbonyl (C=O) groups is 2. The molecule has 1 aliphatic rings. The van der Waals surface area contributed by atoms with Gasteiger partial charge in [-0.2, -0.15) is 0 Å². The molecule has 4 aromatic carbocycles. The quantitative estimate of drug-likeness (QED) is 0.0945. The van der Waals surface area contributed by atoms with Crippen molar-refractivity contribution in [1.29, 1.82) is 0 Å². The molecule has 0 bridgehead atoms. The molecule has 1 aliphatic heterocycles. The fourth-order valence-electron chi connectivity index (χ4n) is 5.11. The van der Waals surface area contributed by atoms with E-state index in [0.717, 1.165) is 11.1 Å². The molecule has 1 saturated heterocycles. The lowest BCUT2D eigenvalue weighted by molar-refractivity contribution is -0.385. The summed E-state index contributed by atoms with van der Waals surface area (Å²) in [6.07, 6.45) is -5.45. The summed E-state index contributed by atoms with van der Waals surface area (Å²) >= 11 is 0. The molecule has 1 fully saturated rings. The third-order valence-corrected chi connectivity index (χ3v) is 7.64. The summed E-state index contributed by atoms with van der Waals surface area (Å²) in [5.74, 6) is -1.65. The molecule has 0 amide bonds. The van der Waals surface area contributed by atoms with Crippen LogP contribution < -0.4 is 0 Å². The molecule has 14 heteroatoms. The highest BCUT2D eigenvalue weighted by Crippen LogP contribution is 2.31. The molecule has 0 aromatic heterocycles. The fraction of sp³-hybridized carbons (Fsp3) is 0.257. The number of hydrogen-bond acceptors (Lipinski definition) is 12. The molecule has 0 unspecified atom stereocenters. The molecule has 0 spiro atoms. The van der Waals surface area contributed by atoms with Gasteiger partial charge in [-0.15, -0.1) is 0 Å². The molecule has 49 heavy (non-hydrogen) atoms. The number of nitrogens with zero attached hydrogens (tertiary/aromatic N) is 2. The van der Waals surface area contributed by atoms with Crippen LogP contribution in [-0.4, -0.2) is 66.2 Å². The van der Waals surface area contributed by atoms with E-state index >= 15 is 0 Å². The maximum absolute atomic E-state index is 13.5. The Bertz CT molecular complexity index is 1720. The van der Waals surface area contributed by atoms with Gasteiger partial charge in [-0.05, 0) is 35.4 Å². The van der Waals surface area contributed by atoms with Crippen LogP contribution in [0.5, 0.6) is 0 Å². The first-order valence-electron chi connectivity index (χ1n) is 15.1. The van der Waals surface area contributed by atoms with Crippen LogP contribution in [0.25, 0.3) is 0 Å². The molecular formula is C35H32N2O12. The Morgan fingerprint density at radius 2 is 1.12 bits per heavy atom. The second-order valence-electron chi connectivity index (χ2n) is 10.9. The SMILES string of the molecule is CO[C@H]1O[C@@H](COC(=O)c2ccc([N+](=O)[O-])cc2)[C@@H](OC(=O)c2ccc([N+](=O)[O-])cc2)[C@H](OCc2ccccc2)[C@@H]1OCc1ccccc1. The first-order chi connectivity index (χ1) is 23.7. The summed E-state index contributed by atoms with van der Waals surface area (Å²) in [7, 11) is 1.40. The summed E-state index contributed by atoms with van der Waals surface area (Å²) < 4.78 is 36.1. The number of rotatable bonds is 14. The van der Waals surface area contributed by atoms with Crippen molar-refractivity contribution in [2.75, 3.05) is 13.7 Å². The predicted octanol–water partition coefficient (Wildman–Crippen LogP) is 5.43. The second-order valence-corrected chi connectivity index (χ2v) is 10.9. The Balaban J connectivity index is 1.45. The topological polar surface area (TPSA) is 176 Å². The van der Waals surface area contributed by atoms with E-state index in [1.807, 2.05) is 60.7 Å². The van der Waals surface area contributed by atoms with Crippen molar-refractivity contribution in [3.05, 3.63) is 152 Å². The third-order valence-electron chi connectivity index (χ3n) is 7.64. The number of methoxy groups -OCH3 is 1. The first kappa shape index (κ1) is 34.8. The lowest BCUT2D eigenvalue weighted by atomic mass is 9.97. The van der Waals surface area contributed by atoms with E-state index in [4.69, 9.17) is 28.4 Å². The van der Waals surface area contributed by atoms with Gasteiger partial charge in [0.1, 0.15) is 24.9 Å². The minimum Gasteiger partial charge on any atom is -0.459 e. The standard InChI is InChI=1S/C35H32N2O12/c1-44-35-32(46-21-24-10-6-3-7-11-24)31(45-20-23-8-4-2-5-9-23)30(49-34(39)26-14-18-28(19-15-26)37(42)43)29(48-35)22-47-33(38)25-12-16-27(17-13-25)36(40)41/h2-19,29-32,35H,20-22H2,1H3/t29-,30+,31-,32-,35-/m0/s1. The first-order valence-corrected chi connectivity index (χ1v) is 15.1. The van der Waals surface area contributed by atoms with Gasteiger partial charge in [0.2, 0.25) is 0 Å². The fourth-order valence-corrected chi connectivity index (χ4v) is 5.11. The number of nitro benzene ring substituents is 2. The van der Waals surface area contributed by atoms with Gasteiger partial charge >= 0.3 is 11.9 Å². The average molecular weight is 673 g/mol. The minimum atomic E-state index is -1.25. The van der Waals surface area contributed by atoms with Crippen LogP contribution in [0.3, 0.4) is 0 Å². The molecule has 5 atom stereocenters. The number of non-ortho nitro benzene ring substituents is 2. The van der Waals surface area contributed by atoms with Gasteiger partial charge < -0.3 is 28.4 Å². The number of carbonyl (C=O) groups excluding carboxylic acids is 2. The zero-order valence-electron chi connectivity index (χ0n) is 26.2. The Kier molecular flexibility index (Phi) is 11.7. The van der Waals surface area contributed by atoms with Crippen molar-refractivity contribution in [3.63, 3.8) is 0 Å². The molecule has 254 valence electrons. The second kappa shape index (κ2) is 16.5. The molecule has 4 aromatic rings. The van der Waals surface area contributed by atoms with Crippen LogP contribution in [0.2, 0.25) is 0 Å². The van der Waals surface area contributed by atoms with Crippen molar-refractivity contribution in [2.24, 2.45) is 0 Å². The lowest BCUT2D eigenvalue weighted by Crippen LogP contribution is -2.62. The summed E-state index contributed by atoms with van der Waals surface area (Å²) in [6, 6.07) is 28.3.